The van der Waals surface area contributed by atoms with Crippen LogP contribution in [-0.2, 0) is 0 Å². The number of nitrogens with one attached hydrogen (secondary N) is 1. The molecule has 0 spiro atoms. The van der Waals surface area contributed by atoms with Crippen LogP contribution < -0.4 is 11.1 Å². The molecule has 18 heavy (non-hydrogen) atoms. The highest BCUT2D eigenvalue weighted by atomic mass is 32.2. The maximum atomic E-state index is 5.90. The van der Waals surface area contributed by atoms with Crippen LogP contribution in [0.5, 0.6) is 0 Å². The predicted octanol–water partition coefficient (Wildman–Crippen LogP) is 2.41. The zero-order valence-electron chi connectivity index (χ0n) is 11.4. The van der Waals surface area contributed by atoms with Crippen LogP contribution >= 0.6 is 11.8 Å². The van der Waals surface area contributed by atoms with Gasteiger partial charge in [-0.05, 0) is 35.6 Å². The van der Waals surface area contributed by atoms with Crippen molar-refractivity contribution in [3.05, 3.63) is 0 Å². The second-order valence-corrected chi connectivity index (χ2v) is 6.65. The summed E-state index contributed by atoms with van der Waals surface area (Å²) in [6, 6.07) is 0.430. The molecule has 1 saturated carbocycles. The third kappa shape index (κ3) is 2.68. The molecule has 0 aliphatic heterocycles. The molecule has 5 nitrogen and oxygen atoms in total. The molecule has 1 aliphatic carbocycles. The normalized spacial score (nSPS) is 26.2. The van der Waals surface area contributed by atoms with Crippen molar-refractivity contribution >= 4 is 23.3 Å². The lowest BCUT2D eigenvalue weighted by Gasteiger charge is -2.21. The summed E-state index contributed by atoms with van der Waals surface area (Å²) in [5, 5.41) is 15.8. The van der Waals surface area contributed by atoms with Gasteiger partial charge in [0.2, 0.25) is 0 Å². The Morgan fingerprint density at radius 1 is 1.33 bits per heavy atom. The highest BCUT2D eigenvalue weighted by Gasteiger charge is 2.37. The first-order valence-electron chi connectivity index (χ1n) is 6.22. The lowest BCUT2D eigenvalue weighted by atomic mass is 9.91. The SMILES string of the molecule is CSc1nnnc(N)c1NC1CC(C)(C)CC1C. The fourth-order valence-corrected chi connectivity index (χ4v) is 3.36. The standard InChI is InChI=1S/C12H21N5S/c1-7-5-12(2,3)6-8(7)14-9-10(13)15-17-16-11(9)18-4/h7-8H,5-6H2,1-4H3,(H,14,17)(H2,13,15,16). The van der Waals surface area contributed by atoms with Crippen molar-refractivity contribution < 1.29 is 0 Å². The number of hydrogen-bond acceptors (Lipinski definition) is 6. The smallest absolute Gasteiger partial charge is 0.174 e. The van der Waals surface area contributed by atoms with Crippen molar-refractivity contribution in [3.63, 3.8) is 0 Å². The molecule has 1 aromatic heterocycles. The first-order chi connectivity index (χ1) is 8.43. The predicted molar refractivity (Wildman–Crippen MR) is 75.6 cm³/mol. The highest BCUT2D eigenvalue weighted by molar-refractivity contribution is 7.98. The van der Waals surface area contributed by atoms with E-state index in [0.717, 1.165) is 17.1 Å². The van der Waals surface area contributed by atoms with E-state index in [1.54, 1.807) is 0 Å². The van der Waals surface area contributed by atoms with Crippen LogP contribution in [0, 0.1) is 11.3 Å². The van der Waals surface area contributed by atoms with Gasteiger partial charge in [0, 0.05) is 6.04 Å². The van der Waals surface area contributed by atoms with E-state index in [1.165, 1.54) is 18.2 Å². The van der Waals surface area contributed by atoms with Crippen LogP contribution in [0.1, 0.15) is 33.6 Å². The Labute approximate surface area is 112 Å². The molecule has 1 fully saturated rings. The van der Waals surface area contributed by atoms with Gasteiger partial charge in [0.15, 0.2) is 5.82 Å². The summed E-state index contributed by atoms with van der Waals surface area (Å²) in [6.45, 7) is 6.91. The summed E-state index contributed by atoms with van der Waals surface area (Å²) in [5.74, 6) is 1.06. The van der Waals surface area contributed by atoms with E-state index in [0.29, 0.717) is 23.2 Å². The van der Waals surface area contributed by atoms with Crippen LogP contribution in [0.2, 0.25) is 0 Å². The van der Waals surface area contributed by atoms with Crippen molar-refractivity contribution in [3.8, 4) is 0 Å². The molecule has 2 atom stereocenters. The molecular weight excluding hydrogens is 246 g/mol. The average molecular weight is 267 g/mol. The van der Waals surface area contributed by atoms with E-state index >= 15 is 0 Å². The van der Waals surface area contributed by atoms with E-state index in [9.17, 15) is 0 Å². The zero-order chi connectivity index (χ0) is 13.3. The maximum Gasteiger partial charge on any atom is 0.174 e. The molecule has 2 rings (SSSR count). The molecule has 6 heteroatoms. The van der Waals surface area contributed by atoms with Gasteiger partial charge in [-0.3, -0.25) is 0 Å². The number of anilines is 2. The van der Waals surface area contributed by atoms with Crippen molar-refractivity contribution in [2.75, 3.05) is 17.3 Å². The molecule has 2 unspecified atom stereocenters. The third-order valence-corrected chi connectivity index (χ3v) is 4.29. The van der Waals surface area contributed by atoms with Crippen molar-refractivity contribution in [2.45, 2.75) is 44.7 Å². The Balaban J connectivity index is 2.20. The molecule has 0 saturated heterocycles. The fraction of sp³-hybridized carbons (Fsp3) is 0.750. The minimum absolute atomic E-state index is 0.388. The summed E-state index contributed by atoms with van der Waals surface area (Å²) in [6.07, 6.45) is 4.34. The van der Waals surface area contributed by atoms with Crippen LogP contribution in [0.3, 0.4) is 0 Å². The lowest BCUT2D eigenvalue weighted by Crippen LogP contribution is -2.24. The number of nitrogens with zero attached hydrogens (tertiary/aromatic N) is 3. The Morgan fingerprint density at radius 2 is 2.06 bits per heavy atom. The maximum absolute atomic E-state index is 5.90. The van der Waals surface area contributed by atoms with Gasteiger partial charge in [0.25, 0.3) is 0 Å². The van der Waals surface area contributed by atoms with Crippen molar-refractivity contribution in [1.29, 1.82) is 0 Å². The van der Waals surface area contributed by atoms with Gasteiger partial charge in [-0.2, -0.15) is 0 Å². The molecule has 0 radical (unpaired) electrons. The first kappa shape index (κ1) is 13.4. The van der Waals surface area contributed by atoms with Gasteiger partial charge in [-0.15, -0.1) is 22.0 Å². The van der Waals surface area contributed by atoms with Gasteiger partial charge in [0.05, 0.1) is 0 Å². The van der Waals surface area contributed by atoms with E-state index in [1.807, 2.05) is 6.26 Å². The Hall–Kier alpha value is -1.04. The summed E-state index contributed by atoms with van der Waals surface area (Å²) in [4.78, 5) is 0. The number of hydrogen-bond donors (Lipinski definition) is 2. The van der Waals surface area contributed by atoms with Crippen molar-refractivity contribution in [1.82, 2.24) is 15.4 Å². The summed E-state index contributed by atoms with van der Waals surface area (Å²) in [7, 11) is 0. The van der Waals surface area contributed by atoms with E-state index in [2.05, 4.69) is 41.5 Å². The molecular formula is C12H21N5S. The summed E-state index contributed by atoms with van der Waals surface area (Å²) in [5.41, 5.74) is 7.13. The van der Waals surface area contributed by atoms with Gasteiger partial charge in [-0.1, -0.05) is 20.8 Å². The molecule has 0 bridgehead atoms. The highest BCUT2D eigenvalue weighted by Crippen LogP contribution is 2.43. The summed E-state index contributed by atoms with van der Waals surface area (Å²) < 4.78 is 0. The number of thioether (sulfide) groups is 1. The molecule has 100 valence electrons. The molecule has 1 aromatic rings. The Kier molecular flexibility index (Phi) is 3.66. The van der Waals surface area contributed by atoms with Gasteiger partial charge in [0.1, 0.15) is 10.7 Å². The number of nitrogen functional groups attached to an aromatic ring is 1. The average Bonchev–Trinajstić information content (AvgIpc) is 2.54. The minimum Gasteiger partial charge on any atom is -0.380 e. The molecule has 1 heterocycles. The first-order valence-corrected chi connectivity index (χ1v) is 7.45. The number of rotatable bonds is 3. The minimum atomic E-state index is 0.388. The molecule has 3 N–H and O–H groups in total. The topological polar surface area (TPSA) is 76.7 Å². The van der Waals surface area contributed by atoms with Gasteiger partial charge >= 0.3 is 0 Å². The van der Waals surface area contributed by atoms with Crippen LogP contribution in [0.15, 0.2) is 5.03 Å². The Bertz CT molecular complexity index is 434. The van der Waals surface area contributed by atoms with Crippen LogP contribution in [0.4, 0.5) is 11.5 Å². The summed E-state index contributed by atoms with van der Waals surface area (Å²) >= 11 is 1.54. The van der Waals surface area contributed by atoms with Crippen LogP contribution in [-0.4, -0.2) is 27.7 Å². The fourth-order valence-electron chi connectivity index (χ4n) is 2.87. The largest absolute Gasteiger partial charge is 0.380 e. The number of nitrogens with two attached hydrogens (primary N) is 1. The van der Waals surface area contributed by atoms with Crippen molar-refractivity contribution in [2.24, 2.45) is 11.3 Å². The second-order valence-electron chi connectivity index (χ2n) is 5.86. The third-order valence-electron chi connectivity index (χ3n) is 3.62. The van der Waals surface area contributed by atoms with Gasteiger partial charge < -0.3 is 11.1 Å². The van der Waals surface area contributed by atoms with E-state index in [4.69, 9.17) is 5.73 Å². The lowest BCUT2D eigenvalue weighted by molar-refractivity contribution is 0.366. The van der Waals surface area contributed by atoms with Crippen LogP contribution in [0.25, 0.3) is 0 Å². The molecule has 0 amide bonds. The second kappa shape index (κ2) is 4.91. The molecule has 0 aromatic carbocycles. The number of aromatic nitrogens is 3. The Morgan fingerprint density at radius 3 is 2.61 bits per heavy atom. The molecule has 1 aliphatic rings. The van der Waals surface area contributed by atoms with E-state index < -0.39 is 0 Å². The monoisotopic (exact) mass is 267 g/mol. The zero-order valence-corrected chi connectivity index (χ0v) is 12.2. The van der Waals surface area contributed by atoms with Gasteiger partial charge in [-0.25, -0.2) is 0 Å². The quantitative estimate of drug-likeness (QED) is 0.819. The van der Waals surface area contributed by atoms with E-state index in [-0.39, 0.29) is 0 Å².